The molecule has 29 heavy (non-hydrogen) atoms. The van der Waals surface area contributed by atoms with Crippen LogP contribution in [0.3, 0.4) is 0 Å². The molecule has 4 unspecified atom stereocenters. The summed E-state index contributed by atoms with van der Waals surface area (Å²) >= 11 is 0. The van der Waals surface area contributed by atoms with E-state index < -0.39 is 6.17 Å². The summed E-state index contributed by atoms with van der Waals surface area (Å²) < 4.78 is 14.1. The number of carbonyl (C=O) groups excluding carboxylic acids is 1. The third-order valence-corrected chi connectivity index (χ3v) is 5.34. The molecule has 0 bridgehead atoms. The first-order valence-corrected chi connectivity index (χ1v) is 10.8. The van der Waals surface area contributed by atoms with E-state index >= 15 is 0 Å². The molecule has 0 spiro atoms. The Bertz CT molecular complexity index is 668. The van der Waals surface area contributed by atoms with E-state index in [1.54, 1.807) is 13.0 Å². The van der Waals surface area contributed by atoms with Crippen molar-refractivity contribution in [1.82, 2.24) is 21.3 Å². The highest BCUT2D eigenvalue weighted by Crippen LogP contribution is 2.32. The monoisotopic (exact) mass is 407 g/mol. The number of halogens is 1. The molecule has 2 rings (SSSR count). The number of hydrogen-bond donors (Lipinski definition) is 5. The molecule has 6 N–H and O–H groups in total. The minimum Gasteiger partial charge on any atom is -0.366 e. The van der Waals surface area contributed by atoms with Crippen LogP contribution in [0, 0.1) is 11.8 Å². The molecule has 0 aromatic heterocycles. The number of carbonyl (C=O) groups is 1. The van der Waals surface area contributed by atoms with E-state index in [0.717, 1.165) is 37.2 Å². The number of hydrogen-bond acceptors (Lipinski definition) is 5. The van der Waals surface area contributed by atoms with Crippen LogP contribution in [0.5, 0.6) is 0 Å². The Kier molecular flexibility index (Phi) is 8.86. The fourth-order valence-corrected chi connectivity index (χ4v) is 3.59. The lowest BCUT2D eigenvalue weighted by atomic mass is 9.88. The van der Waals surface area contributed by atoms with Crippen molar-refractivity contribution in [3.63, 3.8) is 0 Å². The first-order valence-electron chi connectivity index (χ1n) is 10.8. The first-order chi connectivity index (χ1) is 13.7. The topological polar surface area (TPSA) is 91.2 Å². The molecule has 1 amide bonds. The van der Waals surface area contributed by atoms with Gasteiger partial charge in [0.15, 0.2) is 0 Å². The molecule has 164 valence electrons. The molecule has 0 aromatic carbocycles. The number of rotatable bonds is 10. The summed E-state index contributed by atoms with van der Waals surface area (Å²) in [5.74, 6) is 0.0978. The van der Waals surface area contributed by atoms with Gasteiger partial charge in [-0.1, -0.05) is 27.7 Å². The van der Waals surface area contributed by atoms with E-state index in [2.05, 4.69) is 42.0 Å². The largest absolute Gasteiger partial charge is 0.366 e. The third-order valence-electron chi connectivity index (χ3n) is 5.34. The standard InChI is InChI=1S/C22H38FN5O/c1-6-17(26-12-13(2)3)7-8-25-21-18(22(29)27-15(5)24)10-16-9-14(4)19(23)11-20(16)28-21/h10-11,13-15,17,21,25-26,28H,6-9,12,24H2,1-5H3,(H,27,29). The second kappa shape index (κ2) is 10.9. The highest BCUT2D eigenvalue weighted by Gasteiger charge is 2.30. The first kappa shape index (κ1) is 23.6. The molecule has 0 aromatic rings. The minimum absolute atomic E-state index is 0.129. The smallest absolute Gasteiger partial charge is 0.251 e. The summed E-state index contributed by atoms with van der Waals surface area (Å²) in [7, 11) is 0. The van der Waals surface area contributed by atoms with Gasteiger partial charge >= 0.3 is 0 Å². The van der Waals surface area contributed by atoms with E-state index in [9.17, 15) is 9.18 Å². The molecule has 0 fully saturated rings. The lowest BCUT2D eigenvalue weighted by Gasteiger charge is -2.33. The van der Waals surface area contributed by atoms with Gasteiger partial charge in [0, 0.05) is 17.7 Å². The summed E-state index contributed by atoms with van der Waals surface area (Å²) in [4.78, 5) is 12.7. The Morgan fingerprint density at radius 3 is 2.69 bits per heavy atom. The Labute approximate surface area is 174 Å². The van der Waals surface area contributed by atoms with Crippen molar-refractivity contribution in [2.24, 2.45) is 17.6 Å². The lowest BCUT2D eigenvalue weighted by Crippen LogP contribution is -2.52. The Balaban J connectivity index is 2.07. The van der Waals surface area contributed by atoms with Crippen LogP contribution in [0.25, 0.3) is 0 Å². The van der Waals surface area contributed by atoms with Crippen molar-refractivity contribution in [2.45, 2.75) is 72.3 Å². The zero-order valence-electron chi connectivity index (χ0n) is 18.4. The van der Waals surface area contributed by atoms with Crippen molar-refractivity contribution in [3.05, 3.63) is 34.8 Å². The second-order valence-corrected chi connectivity index (χ2v) is 8.66. The predicted molar refractivity (Wildman–Crippen MR) is 116 cm³/mol. The fraction of sp³-hybridized carbons (Fsp3) is 0.682. The molecule has 1 aliphatic heterocycles. The molecule has 2 aliphatic rings. The third kappa shape index (κ3) is 6.94. The highest BCUT2D eigenvalue weighted by atomic mass is 19.1. The second-order valence-electron chi connectivity index (χ2n) is 8.66. The van der Waals surface area contributed by atoms with Gasteiger partial charge in [0.25, 0.3) is 5.91 Å². The molecular formula is C22H38FN5O. The van der Waals surface area contributed by atoms with Gasteiger partial charge in [0.2, 0.25) is 0 Å². The maximum Gasteiger partial charge on any atom is 0.251 e. The molecule has 6 nitrogen and oxygen atoms in total. The van der Waals surface area contributed by atoms with Gasteiger partial charge < -0.3 is 21.7 Å². The Hall–Kier alpha value is -1.70. The summed E-state index contributed by atoms with van der Waals surface area (Å²) in [5.41, 5.74) is 8.05. The molecular weight excluding hydrogens is 369 g/mol. The molecule has 7 heteroatoms. The van der Waals surface area contributed by atoms with Crippen LogP contribution in [0.4, 0.5) is 4.39 Å². The SMILES string of the molecule is CCC(CCNC1NC2=C(C=C1C(=O)NC(C)N)CC(C)C(F)=C2)NCC(C)C. The van der Waals surface area contributed by atoms with Gasteiger partial charge in [-0.2, -0.15) is 0 Å². The van der Waals surface area contributed by atoms with Gasteiger partial charge in [-0.05, 0) is 62.9 Å². The van der Waals surface area contributed by atoms with E-state index in [1.807, 2.05) is 13.0 Å². The van der Waals surface area contributed by atoms with Gasteiger partial charge in [0.1, 0.15) is 12.0 Å². The molecule has 1 aliphatic carbocycles. The average Bonchev–Trinajstić information content (AvgIpc) is 2.64. The number of nitrogens with one attached hydrogen (secondary N) is 4. The van der Waals surface area contributed by atoms with Gasteiger partial charge in [-0.25, -0.2) is 4.39 Å². The molecule has 0 radical (unpaired) electrons. The maximum absolute atomic E-state index is 14.1. The quantitative estimate of drug-likeness (QED) is 0.359. The van der Waals surface area contributed by atoms with Crippen molar-refractivity contribution < 1.29 is 9.18 Å². The molecule has 0 saturated heterocycles. The zero-order valence-corrected chi connectivity index (χ0v) is 18.4. The number of nitrogens with two attached hydrogens (primary N) is 1. The maximum atomic E-state index is 14.1. The van der Waals surface area contributed by atoms with Gasteiger partial charge in [0.05, 0.1) is 11.7 Å². The Morgan fingerprint density at radius 1 is 1.34 bits per heavy atom. The molecule has 0 saturated carbocycles. The summed E-state index contributed by atoms with van der Waals surface area (Å²) in [6.45, 7) is 11.9. The number of dihydropyridines is 1. The average molecular weight is 408 g/mol. The molecule has 1 heterocycles. The van der Waals surface area contributed by atoms with Crippen LogP contribution in [0.2, 0.25) is 0 Å². The van der Waals surface area contributed by atoms with Crippen molar-refractivity contribution >= 4 is 5.91 Å². The lowest BCUT2D eigenvalue weighted by molar-refractivity contribution is -0.118. The van der Waals surface area contributed by atoms with Crippen LogP contribution in [-0.4, -0.2) is 37.4 Å². The highest BCUT2D eigenvalue weighted by molar-refractivity contribution is 5.95. The summed E-state index contributed by atoms with van der Waals surface area (Å²) in [5, 5.41) is 13.1. The van der Waals surface area contributed by atoms with Crippen LogP contribution in [0.15, 0.2) is 34.8 Å². The van der Waals surface area contributed by atoms with Gasteiger partial charge in [-0.15, -0.1) is 0 Å². The Morgan fingerprint density at radius 2 is 2.07 bits per heavy atom. The van der Waals surface area contributed by atoms with E-state index in [-0.39, 0.29) is 23.8 Å². The van der Waals surface area contributed by atoms with Crippen molar-refractivity contribution in [3.8, 4) is 0 Å². The van der Waals surface area contributed by atoms with Crippen LogP contribution < -0.4 is 27.0 Å². The minimum atomic E-state index is -0.438. The normalized spacial score (nSPS) is 23.7. The van der Waals surface area contributed by atoms with E-state index in [0.29, 0.717) is 24.0 Å². The van der Waals surface area contributed by atoms with E-state index in [1.165, 1.54) is 0 Å². The van der Waals surface area contributed by atoms with E-state index in [4.69, 9.17) is 5.73 Å². The van der Waals surface area contributed by atoms with Crippen LogP contribution >= 0.6 is 0 Å². The molecule has 4 atom stereocenters. The van der Waals surface area contributed by atoms with Crippen LogP contribution in [0.1, 0.15) is 53.9 Å². The zero-order chi connectivity index (χ0) is 21.6. The van der Waals surface area contributed by atoms with Crippen molar-refractivity contribution in [1.29, 1.82) is 0 Å². The summed E-state index contributed by atoms with van der Waals surface area (Å²) in [6.07, 6.45) is 5.17. The van der Waals surface area contributed by atoms with Crippen LogP contribution in [-0.2, 0) is 4.79 Å². The van der Waals surface area contributed by atoms with Gasteiger partial charge in [-0.3, -0.25) is 10.1 Å². The number of amides is 1. The predicted octanol–water partition coefficient (Wildman–Crippen LogP) is 2.41. The van der Waals surface area contributed by atoms with Crippen molar-refractivity contribution in [2.75, 3.05) is 13.1 Å². The fourth-order valence-electron chi connectivity index (χ4n) is 3.59. The summed E-state index contributed by atoms with van der Waals surface area (Å²) in [6, 6.07) is 0.418. The number of allylic oxidation sites excluding steroid dienone is 4.